The molecule has 4 rings (SSSR count). The maximum absolute atomic E-state index is 6.03. The summed E-state index contributed by atoms with van der Waals surface area (Å²) >= 11 is 0. The van der Waals surface area contributed by atoms with Crippen LogP contribution in [0.15, 0.2) is 36.4 Å². The van der Waals surface area contributed by atoms with Crippen LogP contribution in [-0.4, -0.2) is 6.54 Å². The molecule has 2 heterocycles. The molecule has 0 fully saturated rings. The van der Waals surface area contributed by atoms with Gasteiger partial charge in [0.05, 0.1) is 0 Å². The molecule has 0 radical (unpaired) electrons. The lowest BCUT2D eigenvalue weighted by Gasteiger charge is -2.11. The highest BCUT2D eigenvalue weighted by atomic mass is 16.5. The van der Waals surface area contributed by atoms with Crippen LogP contribution < -0.4 is 10.1 Å². The van der Waals surface area contributed by atoms with E-state index in [-0.39, 0.29) is 0 Å². The van der Waals surface area contributed by atoms with Crippen molar-refractivity contribution in [1.29, 1.82) is 0 Å². The maximum Gasteiger partial charge on any atom is 0.136 e. The van der Waals surface area contributed by atoms with Gasteiger partial charge in [-0.1, -0.05) is 30.3 Å². The molecule has 2 heteroatoms. The lowest BCUT2D eigenvalue weighted by atomic mass is 10.1. The monoisotopic (exact) mass is 235 g/mol. The van der Waals surface area contributed by atoms with Crippen molar-refractivity contribution in [3.8, 4) is 11.5 Å². The predicted molar refractivity (Wildman–Crippen MR) is 74.1 cm³/mol. The Hall–Kier alpha value is -2.22. The summed E-state index contributed by atoms with van der Waals surface area (Å²) in [6, 6.07) is 12.4. The molecule has 2 aromatic rings. The summed E-state index contributed by atoms with van der Waals surface area (Å²) in [5.41, 5.74) is 4.91. The molecule has 2 nitrogen and oxygen atoms in total. The van der Waals surface area contributed by atoms with Crippen molar-refractivity contribution in [2.75, 3.05) is 11.9 Å². The number of anilines is 1. The molecule has 2 aliphatic heterocycles. The van der Waals surface area contributed by atoms with Gasteiger partial charge in [0, 0.05) is 23.4 Å². The third-order valence-corrected chi connectivity index (χ3v) is 3.56. The van der Waals surface area contributed by atoms with Crippen molar-refractivity contribution >= 4 is 17.8 Å². The van der Waals surface area contributed by atoms with Crippen LogP contribution in [0.1, 0.15) is 16.7 Å². The quantitative estimate of drug-likeness (QED) is 0.637. The van der Waals surface area contributed by atoms with E-state index in [0.717, 1.165) is 30.0 Å². The predicted octanol–water partition coefficient (Wildman–Crippen LogP) is 3.93. The molecule has 2 aliphatic rings. The second-order valence-corrected chi connectivity index (χ2v) is 4.66. The zero-order valence-electron chi connectivity index (χ0n) is 9.94. The normalized spacial score (nSPS) is 14.9. The number of rotatable bonds is 0. The third-order valence-electron chi connectivity index (χ3n) is 3.56. The van der Waals surface area contributed by atoms with E-state index in [9.17, 15) is 0 Å². The first-order valence-electron chi connectivity index (χ1n) is 6.26. The molecular formula is C16H13NO. The fourth-order valence-electron chi connectivity index (χ4n) is 2.64. The minimum Gasteiger partial charge on any atom is -0.456 e. The van der Waals surface area contributed by atoms with Gasteiger partial charge in [-0.3, -0.25) is 0 Å². The standard InChI is InChI=1S/C16H13NO/c1-2-4-14-11(3-1)5-7-13-15(18-14)8-6-12-9-10-17-16(12)13/h1-8,17H,9-10H2. The molecule has 0 amide bonds. The Morgan fingerprint density at radius 2 is 1.89 bits per heavy atom. The van der Waals surface area contributed by atoms with Crippen molar-refractivity contribution in [2.45, 2.75) is 6.42 Å². The van der Waals surface area contributed by atoms with Crippen LogP contribution in [0.2, 0.25) is 0 Å². The first-order chi connectivity index (χ1) is 8.92. The summed E-state index contributed by atoms with van der Waals surface area (Å²) in [5.74, 6) is 1.86. The SMILES string of the molecule is C1=Cc2c(ccc3c2NCC3)Oc2ccccc21. The molecule has 0 saturated heterocycles. The number of fused-ring (bicyclic) bond motifs is 4. The first-order valence-corrected chi connectivity index (χ1v) is 6.26. The summed E-state index contributed by atoms with van der Waals surface area (Å²) < 4.78 is 6.03. The van der Waals surface area contributed by atoms with Gasteiger partial charge in [-0.2, -0.15) is 0 Å². The van der Waals surface area contributed by atoms with Gasteiger partial charge in [-0.05, 0) is 30.2 Å². The molecular weight excluding hydrogens is 222 g/mol. The van der Waals surface area contributed by atoms with Crippen LogP contribution in [0, 0.1) is 0 Å². The Balaban J connectivity index is 1.93. The smallest absolute Gasteiger partial charge is 0.136 e. The van der Waals surface area contributed by atoms with Crippen molar-refractivity contribution < 1.29 is 4.74 Å². The molecule has 0 aliphatic carbocycles. The van der Waals surface area contributed by atoms with Crippen LogP contribution in [0.5, 0.6) is 11.5 Å². The largest absolute Gasteiger partial charge is 0.456 e. The van der Waals surface area contributed by atoms with Crippen molar-refractivity contribution in [1.82, 2.24) is 0 Å². The highest BCUT2D eigenvalue weighted by Gasteiger charge is 2.19. The summed E-state index contributed by atoms with van der Waals surface area (Å²) in [6.07, 6.45) is 5.38. The Kier molecular flexibility index (Phi) is 1.97. The van der Waals surface area contributed by atoms with Crippen LogP contribution >= 0.6 is 0 Å². The second-order valence-electron chi connectivity index (χ2n) is 4.66. The number of hydrogen-bond donors (Lipinski definition) is 1. The van der Waals surface area contributed by atoms with Gasteiger partial charge in [-0.25, -0.2) is 0 Å². The number of ether oxygens (including phenoxy) is 1. The van der Waals surface area contributed by atoms with Crippen molar-refractivity contribution in [2.24, 2.45) is 0 Å². The average Bonchev–Trinajstić information content (AvgIpc) is 2.79. The topological polar surface area (TPSA) is 21.3 Å². The molecule has 18 heavy (non-hydrogen) atoms. The molecule has 0 atom stereocenters. The number of benzene rings is 2. The Morgan fingerprint density at radius 3 is 2.89 bits per heavy atom. The molecule has 0 aromatic heterocycles. The molecule has 2 aromatic carbocycles. The third kappa shape index (κ3) is 1.35. The van der Waals surface area contributed by atoms with E-state index in [1.165, 1.54) is 16.8 Å². The van der Waals surface area contributed by atoms with Gasteiger partial charge < -0.3 is 10.1 Å². The fourth-order valence-corrected chi connectivity index (χ4v) is 2.64. The zero-order chi connectivity index (χ0) is 11.9. The first kappa shape index (κ1) is 9.77. The highest BCUT2D eigenvalue weighted by molar-refractivity contribution is 5.85. The van der Waals surface area contributed by atoms with E-state index in [1.54, 1.807) is 0 Å². The average molecular weight is 235 g/mol. The summed E-state index contributed by atoms with van der Waals surface area (Å²) in [6.45, 7) is 1.02. The zero-order valence-corrected chi connectivity index (χ0v) is 9.94. The minimum absolute atomic E-state index is 0.922. The Labute approximate surface area is 106 Å². The van der Waals surface area contributed by atoms with Gasteiger partial charge in [0.2, 0.25) is 0 Å². The van der Waals surface area contributed by atoms with Gasteiger partial charge >= 0.3 is 0 Å². The van der Waals surface area contributed by atoms with Gasteiger partial charge in [-0.15, -0.1) is 0 Å². The molecule has 0 spiro atoms. The summed E-state index contributed by atoms with van der Waals surface area (Å²) in [4.78, 5) is 0. The minimum atomic E-state index is 0.922. The second kappa shape index (κ2) is 3.64. The molecule has 0 unspecified atom stereocenters. The van der Waals surface area contributed by atoms with E-state index in [4.69, 9.17) is 4.74 Å². The van der Waals surface area contributed by atoms with Crippen LogP contribution in [0.25, 0.3) is 12.2 Å². The maximum atomic E-state index is 6.03. The van der Waals surface area contributed by atoms with Crippen molar-refractivity contribution in [3.05, 3.63) is 53.1 Å². The molecule has 1 N–H and O–H groups in total. The van der Waals surface area contributed by atoms with Crippen LogP contribution in [0.3, 0.4) is 0 Å². The lowest BCUT2D eigenvalue weighted by molar-refractivity contribution is 0.481. The van der Waals surface area contributed by atoms with Crippen LogP contribution in [0.4, 0.5) is 5.69 Å². The van der Waals surface area contributed by atoms with E-state index in [1.807, 2.05) is 18.2 Å². The summed E-state index contributed by atoms with van der Waals surface area (Å²) in [7, 11) is 0. The molecule has 0 bridgehead atoms. The highest BCUT2D eigenvalue weighted by Crippen LogP contribution is 2.40. The van der Waals surface area contributed by atoms with Gasteiger partial charge in [0.15, 0.2) is 0 Å². The van der Waals surface area contributed by atoms with Gasteiger partial charge in [0.25, 0.3) is 0 Å². The Bertz CT molecular complexity index is 658. The molecule has 0 saturated carbocycles. The number of para-hydroxylation sites is 1. The van der Waals surface area contributed by atoms with E-state index in [2.05, 4.69) is 35.7 Å². The fraction of sp³-hybridized carbons (Fsp3) is 0.125. The lowest BCUT2D eigenvalue weighted by Crippen LogP contribution is -1.94. The van der Waals surface area contributed by atoms with Crippen molar-refractivity contribution in [3.63, 3.8) is 0 Å². The van der Waals surface area contributed by atoms with Crippen LogP contribution in [-0.2, 0) is 6.42 Å². The molecule has 88 valence electrons. The Morgan fingerprint density at radius 1 is 0.944 bits per heavy atom. The summed E-state index contributed by atoms with van der Waals surface area (Å²) in [5, 5.41) is 3.45. The van der Waals surface area contributed by atoms with E-state index in [0.29, 0.717) is 0 Å². The number of hydrogen-bond acceptors (Lipinski definition) is 2. The van der Waals surface area contributed by atoms with E-state index < -0.39 is 0 Å². The number of nitrogens with one attached hydrogen (secondary N) is 1. The van der Waals surface area contributed by atoms with Gasteiger partial charge in [0.1, 0.15) is 11.5 Å². The van der Waals surface area contributed by atoms with E-state index >= 15 is 0 Å².